The fourth-order valence-electron chi connectivity index (χ4n) is 2.47. The highest BCUT2D eigenvalue weighted by molar-refractivity contribution is 6.05. The molecule has 3 rings (SSSR count). The Morgan fingerprint density at radius 1 is 1.14 bits per heavy atom. The van der Waals surface area contributed by atoms with Crippen LogP contribution in [0, 0.1) is 17.0 Å². The number of nitro groups is 1. The van der Waals surface area contributed by atoms with E-state index in [4.69, 9.17) is 0 Å². The number of anilines is 1. The molecule has 1 aromatic heterocycles. The molecular formula is C18H14N4O6. The summed E-state index contributed by atoms with van der Waals surface area (Å²) in [5, 5.41) is 36.7. The fraction of sp³-hybridized carbons (Fsp3) is 0.0556. The number of nitrogens with zero attached hydrogens (tertiary/aromatic N) is 3. The predicted octanol–water partition coefficient (Wildman–Crippen LogP) is 2.11. The van der Waals surface area contributed by atoms with Gasteiger partial charge in [-0.2, -0.15) is 9.78 Å². The summed E-state index contributed by atoms with van der Waals surface area (Å²) in [5.74, 6) is -2.09. The largest absolute Gasteiger partial charge is 0.506 e. The summed E-state index contributed by atoms with van der Waals surface area (Å²) in [6.07, 6.45) is 0. The summed E-state index contributed by atoms with van der Waals surface area (Å²) < 4.78 is 0.956. The Kier molecular flexibility index (Phi) is 4.77. The van der Waals surface area contributed by atoms with E-state index in [0.29, 0.717) is 5.69 Å². The van der Waals surface area contributed by atoms with Crippen LogP contribution in [-0.2, 0) is 0 Å². The number of benzene rings is 2. The molecule has 28 heavy (non-hydrogen) atoms. The molecule has 1 heterocycles. The Morgan fingerprint density at radius 3 is 2.54 bits per heavy atom. The Hall–Kier alpha value is -4.21. The summed E-state index contributed by atoms with van der Waals surface area (Å²) in [6.45, 7) is 1.82. The number of hydrogen-bond acceptors (Lipinski definition) is 7. The van der Waals surface area contributed by atoms with E-state index in [1.54, 1.807) is 18.2 Å². The van der Waals surface area contributed by atoms with Gasteiger partial charge in [0.25, 0.3) is 17.2 Å². The van der Waals surface area contributed by atoms with Crippen LogP contribution in [0.5, 0.6) is 11.5 Å². The van der Waals surface area contributed by atoms with Gasteiger partial charge >= 0.3 is 0 Å². The number of nitrogens with one attached hydrogen (secondary N) is 1. The number of phenolic OH excluding ortho intramolecular Hbond substituents is 1. The van der Waals surface area contributed by atoms with Crippen LogP contribution in [0.3, 0.4) is 0 Å². The van der Waals surface area contributed by atoms with Gasteiger partial charge in [0.1, 0.15) is 5.75 Å². The highest BCUT2D eigenvalue weighted by Gasteiger charge is 2.19. The standard InChI is InChI=1S/C18H14N4O6/c1-10-3-2-4-11(7-10)21-16(25)9-15(24)17(20-21)18(26)19-13-6-5-12(22(27)28)8-14(13)23/h2-9,23-24H,1H3,(H,19,26). The molecular weight excluding hydrogens is 368 g/mol. The quantitative estimate of drug-likeness (QED) is 0.355. The van der Waals surface area contributed by atoms with Crippen LogP contribution in [0.15, 0.2) is 53.3 Å². The van der Waals surface area contributed by atoms with E-state index in [1.165, 1.54) is 0 Å². The van der Waals surface area contributed by atoms with Crippen molar-refractivity contribution >= 4 is 17.3 Å². The van der Waals surface area contributed by atoms with Crippen LogP contribution < -0.4 is 10.9 Å². The van der Waals surface area contributed by atoms with Crippen molar-refractivity contribution in [1.82, 2.24) is 9.78 Å². The fourth-order valence-corrected chi connectivity index (χ4v) is 2.47. The molecule has 3 N–H and O–H groups in total. The second kappa shape index (κ2) is 7.19. The SMILES string of the molecule is Cc1cccc(-n2nc(C(=O)Nc3ccc([N+](=O)[O-])cc3O)c(O)cc2=O)c1. The van der Waals surface area contributed by atoms with Gasteiger partial charge in [-0.15, -0.1) is 0 Å². The van der Waals surface area contributed by atoms with Crippen molar-refractivity contribution in [2.45, 2.75) is 6.92 Å². The second-order valence-corrected chi connectivity index (χ2v) is 5.88. The van der Waals surface area contributed by atoms with E-state index in [-0.39, 0.29) is 11.4 Å². The van der Waals surface area contributed by atoms with E-state index in [0.717, 1.165) is 34.5 Å². The lowest BCUT2D eigenvalue weighted by atomic mass is 10.2. The van der Waals surface area contributed by atoms with Crippen molar-refractivity contribution in [3.05, 3.63) is 80.3 Å². The summed E-state index contributed by atoms with van der Waals surface area (Å²) in [6, 6.07) is 10.8. The van der Waals surface area contributed by atoms with Gasteiger partial charge in [-0.1, -0.05) is 12.1 Å². The molecule has 1 amide bonds. The van der Waals surface area contributed by atoms with Crippen molar-refractivity contribution in [2.75, 3.05) is 5.32 Å². The normalized spacial score (nSPS) is 10.5. The minimum atomic E-state index is -0.914. The topological polar surface area (TPSA) is 148 Å². The van der Waals surface area contributed by atoms with Gasteiger partial charge in [0.2, 0.25) is 0 Å². The highest BCUT2D eigenvalue weighted by Crippen LogP contribution is 2.28. The van der Waals surface area contributed by atoms with Crippen LogP contribution >= 0.6 is 0 Å². The minimum Gasteiger partial charge on any atom is -0.506 e. The van der Waals surface area contributed by atoms with Crippen LogP contribution in [0.1, 0.15) is 16.1 Å². The molecule has 0 bridgehead atoms. The van der Waals surface area contributed by atoms with E-state index in [1.807, 2.05) is 13.0 Å². The Labute approximate surface area is 157 Å². The van der Waals surface area contributed by atoms with E-state index >= 15 is 0 Å². The number of non-ortho nitro benzene ring substituents is 1. The average Bonchev–Trinajstić information content (AvgIpc) is 2.63. The number of rotatable bonds is 4. The third-order valence-electron chi connectivity index (χ3n) is 3.81. The van der Waals surface area contributed by atoms with Crippen molar-refractivity contribution in [1.29, 1.82) is 0 Å². The zero-order chi connectivity index (χ0) is 20.4. The predicted molar refractivity (Wildman–Crippen MR) is 99.0 cm³/mol. The van der Waals surface area contributed by atoms with E-state index in [9.17, 15) is 29.9 Å². The van der Waals surface area contributed by atoms with E-state index in [2.05, 4.69) is 10.4 Å². The van der Waals surface area contributed by atoms with Gasteiger partial charge in [-0.05, 0) is 30.7 Å². The number of aryl methyl sites for hydroxylation is 1. The molecule has 10 nitrogen and oxygen atoms in total. The maximum Gasteiger partial charge on any atom is 0.280 e. The van der Waals surface area contributed by atoms with Crippen LogP contribution in [0.25, 0.3) is 5.69 Å². The van der Waals surface area contributed by atoms with Crippen molar-refractivity contribution in [3.63, 3.8) is 0 Å². The van der Waals surface area contributed by atoms with Crippen LogP contribution in [0.2, 0.25) is 0 Å². The number of aromatic nitrogens is 2. The molecule has 0 saturated carbocycles. The average molecular weight is 382 g/mol. The van der Waals surface area contributed by atoms with Gasteiger partial charge in [0.15, 0.2) is 11.4 Å². The summed E-state index contributed by atoms with van der Waals surface area (Å²) in [7, 11) is 0. The molecule has 2 aromatic carbocycles. The highest BCUT2D eigenvalue weighted by atomic mass is 16.6. The molecule has 0 spiro atoms. The maximum atomic E-state index is 12.5. The monoisotopic (exact) mass is 382 g/mol. The number of carbonyl (C=O) groups excluding carboxylic acids is 1. The number of aromatic hydroxyl groups is 2. The molecule has 0 saturated heterocycles. The summed E-state index contributed by atoms with van der Waals surface area (Å²) in [4.78, 5) is 34.6. The minimum absolute atomic E-state index is 0.120. The van der Waals surface area contributed by atoms with Crippen molar-refractivity contribution < 1.29 is 19.9 Å². The number of phenols is 1. The molecule has 0 fully saturated rings. The van der Waals surface area contributed by atoms with Crippen molar-refractivity contribution in [3.8, 4) is 17.2 Å². The third-order valence-corrected chi connectivity index (χ3v) is 3.81. The number of nitro benzene ring substituents is 1. The Balaban J connectivity index is 1.97. The number of carbonyl (C=O) groups is 1. The van der Waals surface area contributed by atoms with Gasteiger partial charge in [0.05, 0.1) is 22.4 Å². The first kappa shape index (κ1) is 18.6. The summed E-state index contributed by atoms with van der Waals surface area (Å²) >= 11 is 0. The molecule has 142 valence electrons. The van der Waals surface area contributed by atoms with Crippen molar-refractivity contribution in [2.24, 2.45) is 0 Å². The molecule has 0 aliphatic rings. The molecule has 10 heteroatoms. The Bertz CT molecular complexity index is 1160. The number of hydrogen-bond donors (Lipinski definition) is 3. The Morgan fingerprint density at radius 2 is 1.89 bits per heavy atom. The second-order valence-electron chi connectivity index (χ2n) is 5.88. The zero-order valence-corrected chi connectivity index (χ0v) is 14.5. The van der Waals surface area contributed by atoms with Crippen LogP contribution in [0.4, 0.5) is 11.4 Å². The van der Waals surface area contributed by atoms with Gasteiger partial charge in [-0.25, -0.2) is 0 Å². The molecule has 0 radical (unpaired) electrons. The van der Waals surface area contributed by atoms with Crippen LogP contribution in [-0.4, -0.2) is 30.8 Å². The lowest BCUT2D eigenvalue weighted by molar-refractivity contribution is -0.384. The first-order chi connectivity index (χ1) is 13.3. The molecule has 0 atom stereocenters. The lowest BCUT2D eigenvalue weighted by Gasteiger charge is -2.10. The maximum absolute atomic E-state index is 12.5. The van der Waals surface area contributed by atoms with E-state index < -0.39 is 33.6 Å². The van der Waals surface area contributed by atoms with Gasteiger partial charge in [-0.3, -0.25) is 19.7 Å². The molecule has 0 unspecified atom stereocenters. The van der Waals surface area contributed by atoms with Gasteiger partial charge in [0, 0.05) is 12.1 Å². The summed E-state index contributed by atoms with van der Waals surface area (Å²) in [5.41, 5.74) is -0.315. The third kappa shape index (κ3) is 3.65. The molecule has 3 aromatic rings. The first-order valence-corrected chi connectivity index (χ1v) is 7.95. The first-order valence-electron chi connectivity index (χ1n) is 7.95. The smallest absolute Gasteiger partial charge is 0.280 e. The number of amides is 1. The van der Waals surface area contributed by atoms with Gasteiger partial charge < -0.3 is 15.5 Å². The molecule has 0 aliphatic carbocycles. The zero-order valence-electron chi connectivity index (χ0n) is 14.5. The lowest BCUT2D eigenvalue weighted by Crippen LogP contribution is -2.25. The molecule has 0 aliphatic heterocycles.